The summed E-state index contributed by atoms with van der Waals surface area (Å²) in [5.41, 5.74) is 0.470. The van der Waals surface area contributed by atoms with Crippen molar-refractivity contribution >= 4 is 27.3 Å². The summed E-state index contributed by atoms with van der Waals surface area (Å²) in [6, 6.07) is 2.33. The van der Waals surface area contributed by atoms with Crippen LogP contribution in [-0.2, 0) is 0 Å². The molecular formula is C14H22BrNS. The lowest BCUT2D eigenvalue weighted by Gasteiger charge is -2.03. The van der Waals surface area contributed by atoms with E-state index in [-0.39, 0.29) is 0 Å². The van der Waals surface area contributed by atoms with Crippen LogP contribution in [0.15, 0.2) is 10.5 Å². The highest BCUT2D eigenvalue weighted by molar-refractivity contribution is 9.10. The van der Waals surface area contributed by atoms with Crippen molar-refractivity contribution in [3.05, 3.63) is 20.3 Å². The van der Waals surface area contributed by atoms with E-state index in [4.69, 9.17) is 0 Å². The van der Waals surface area contributed by atoms with Crippen molar-refractivity contribution in [3.63, 3.8) is 0 Å². The van der Waals surface area contributed by atoms with E-state index in [1.54, 1.807) is 4.88 Å². The van der Waals surface area contributed by atoms with Gasteiger partial charge in [-0.1, -0.05) is 20.8 Å². The van der Waals surface area contributed by atoms with Gasteiger partial charge in [0.15, 0.2) is 0 Å². The van der Waals surface area contributed by atoms with E-state index >= 15 is 0 Å². The summed E-state index contributed by atoms with van der Waals surface area (Å²) in [6.07, 6.45) is 1.22. The zero-order valence-electron chi connectivity index (χ0n) is 11.1. The Kier molecular flexibility index (Phi) is 4.01. The first kappa shape index (κ1) is 13.6. The molecule has 1 aromatic rings. The van der Waals surface area contributed by atoms with Crippen molar-refractivity contribution in [2.75, 3.05) is 13.1 Å². The average molecular weight is 316 g/mol. The fourth-order valence-corrected chi connectivity index (χ4v) is 4.68. The van der Waals surface area contributed by atoms with Crippen LogP contribution in [0.2, 0.25) is 0 Å². The van der Waals surface area contributed by atoms with E-state index in [2.05, 4.69) is 55.0 Å². The van der Waals surface area contributed by atoms with Crippen LogP contribution in [0.25, 0.3) is 0 Å². The molecule has 1 heterocycles. The zero-order valence-corrected chi connectivity index (χ0v) is 13.5. The third-order valence-electron chi connectivity index (χ3n) is 4.02. The van der Waals surface area contributed by atoms with Crippen LogP contribution < -0.4 is 5.32 Å². The Morgan fingerprint density at radius 3 is 2.71 bits per heavy atom. The molecule has 96 valence electrons. The monoisotopic (exact) mass is 315 g/mol. The molecule has 1 aromatic heterocycles. The van der Waals surface area contributed by atoms with Crippen LogP contribution in [0.4, 0.5) is 0 Å². The summed E-state index contributed by atoms with van der Waals surface area (Å²) in [6.45, 7) is 11.5. The molecular weight excluding hydrogens is 294 g/mol. The van der Waals surface area contributed by atoms with E-state index < -0.39 is 0 Å². The molecule has 0 spiro atoms. The van der Waals surface area contributed by atoms with Crippen molar-refractivity contribution in [1.82, 2.24) is 5.32 Å². The maximum Gasteiger partial charge on any atom is 0.0314 e. The Bertz CT molecular complexity index is 377. The first-order valence-electron chi connectivity index (χ1n) is 6.45. The normalized spacial score (nSPS) is 26.2. The molecule has 0 amide bonds. The van der Waals surface area contributed by atoms with Gasteiger partial charge in [0.05, 0.1) is 0 Å². The molecule has 2 unspecified atom stereocenters. The van der Waals surface area contributed by atoms with Gasteiger partial charge in [0, 0.05) is 20.1 Å². The van der Waals surface area contributed by atoms with Crippen LogP contribution in [0.5, 0.6) is 0 Å². The summed E-state index contributed by atoms with van der Waals surface area (Å²) in [7, 11) is 0. The molecule has 1 nitrogen and oxygen atoms in total. The largest absolute Gasteiger partial charge is 0.316 e. The van der Waals surface area contributed by atoms with Crippen molar-refractivity contribution in [2.24, 2.45) is 11.3 Å². The van der Waals surface area contributed by atoms with Crippen LogP contribution in [0.3, 0.4) is 0 Å². The third-order valence-corrected chi connectivity index (χ3v) is 6.24. The molecule has 1 N–H and O–H groups in total. The minimum atomic E-state index is 0.470. The fraction of sp³-hybridized carbons (Fsp3) is 0.714. The summed E-state index contributed by atoms with van der Waals surface area (Å²) >= 11 is 5.58. The first-order valence-corrected chi connectivity index (χ1v) is 8.06. The lowest BCUT2D eigenvalue weighted by atomic mass is 10.1. The molecule has 2 rings (SSSR count). The molecule has 1 aliphatic carbocycles. The van der Waals surface area contributed by atoms with E-state index in [1.807, 2.05) is 11.3 Å². The van der Waals surface area contributed by atoms with Gasteiger partial charge in [0.2, 0.25) is 0 Å². The lowest BCUT2D eigenvalue weighted by Crippen LogP contribution is -2.19. The van der Waals surface area contributed by atoms with E-state index in [0.717, 1.165) is 18.4 Å². The number of thiophene rings is 1. The summed E-state index contributed by atoms with van der Waals surface area (Å²) in [5.74, 6) is 1.56. The van der Waals surface area contributed by atoms with Gasteiger partial charge in [0.1, 0.15) is 0 Å². The van der Waals surface area contributed by atoms with Crippen molar-refractivity contribution < 1.29 is 0 Å². The quantitative estimate of drug-likeness (QED) is 0.785. The molecule has 0 saturated heterocycles. The molecule has 17 heavy (non-hydrogen) atoms. The number of nitrogens with one attached hydrogen (secondary N) is 1. The fourth-order valence-electron chi connectivity index (χ4n) is 2.76. The summed E-state index contributed by atoms with van der Waals surface area (Å²) in [5, 5.41) is 3.57. The Morgan fingerprint density at radius 2 is 2.18 bits per heavy atom. The van der Waals surface area contributed by atoms with Gasteiger partial charge in [0.25, 0.3) is 0 Å². The smallest absolute Gasteiger partial charge is 0.0314 e. The minimum Gasteiger partial charge on any atom is -0.316 e. The van der Waals surface area contributed by atoms with Crippen molar-refractivity contribution in [2.45, 2.75) is 40.0 Å². The number of hydrogen-bond donors (Lipinski definition) is 1. The summed E-state index contributed by atoms with van der Waals surface area (Å²) in [4.78, 5) is 2.96. The van der Waals surface area contributed by atoms with E-state index in [1.165, 1.54) is 22.3 Å². The molecule has 1 saturated carbocycles. The molecule has 2 atom stereocenters. The van der Waals surface area contributed by atoms with Crippen molar-refractivity contribution in [3.8, 4) is 0 Å². The second kappa shape index (κ2) is 5.02. The third kappa shape index (κ3) is 2.61. The van der Waals surface area contributed by atoms with Gasteiger partial charge in [-0.15, -0.1) is 11.3 Å². The number of hydrogen-bond acceptors (Lipinski definition) is 2. The van der Waals surface area contributed by atoms with Gasteiger partial charge >= 0.3 is 0 Å². The SMILES string of the molecule is CCCNCC1C(c2cc(Br)c(C)s2)C1(C)C. The highest BCUT2D eigenvalue weighted by Gasteiger charge is 2.58. The lowest BCUT2D eigenvalue weighted by molar-refractivity contribution is 0.518. The van der Waals surface area contributed by atoms with Gasteiger partial charge in [-0.25, -0.2) is 0 Å². The van der Waals surface area contributed by atoms with Crippen molar-refractivity contribution in [1.29, 1.82) is 0 Å². The standard InChI is InChI=1S/C14H22BrNS/c1-5-6-16-8-10-13(14(10,3)4)12-7-11(15)9(2)17-12/h7,10,13,16H,5-6,8H2,1-4H3. The molecule has 0 bridgehead atoms. The highest BCUT2D eigenvalue weighted by Crippen LogP contribution is 2.65. The van der Waals surface area contributed by atoms with Crippen LogP contribution in [-0.4, -0.2) is 13.1 Å². The topological polar surface area (TPSA) is 12.0 Å². The predicted molar refractivity (Wildman–Crippen MR) is 79.9 cm³/mol. The second-order valence-corrected chi connectivity index (χ2v) is 7.80. The predicted octanol–water partition coefficient (Wildman–Crippen LogP) is 4.56. The maximum atomic E-state index is 3.63. The Balaban J connectivity index is 2.02. The molecule has 3 heteroatoms. The second-order valence-electron chi connectivity index (χ2n) is 5.66. The zero-order chi connectivity index (χ0) is 12.6. The number of rotatable bonds is 5. The van der Waals surface area contributed by atoms with Gasteiger partial charge < -0.3 is 5.32 Å². The van der Waals surface area contributed by atoms with E-state index in [0.29, 0.717) is 5.41 Å². The number of halogens is 1. The average Bonchev–Trinajstić information content (AvgIpc) is 2.62. The molecule has 1 fully saturated rings. The Labute approximate surface area is 117 Å². The molecule has 0 aromatic carbocycles. The highest BCUT2D eigenvalue weighted by atomic mass is 79.9. The minimum absolute atomic E-state index is 0.470. The van der Waals surface area contributed by atoms with Gasteiger partial charge in [-0.05, 0) is 59.8 Å². The maximum absolute atomic E-state index is 3.63. The van der Waals surface area contributed by atoms with Gasteiger partial charge in [-0.2, -0.15) is 0 Å². The Hall–Kier alpha value is 0.140. The molecule has 0 radical (unpaired) electrons. The number of aryl methyl sites for hydroxylation is 1. The van der Waals surface area contributed by atoms with E-state index in [9.17, 15) is 0 Å². The summed E-state index contributed by atoms with van der Waals surface area (Å²) < 4.78 is 1.28. The van der Waals surface area contributed by atoms with Crippen LogP contribution in [0.1, 0.15) is 42.9 Å². The molecule has 0 aliphatic heterocycles. The Morgan fingerprint density at radius 1 is 1.47 bits per heavy atom. The van der Waals surface area contributed by atoms with Gasteiger partial charge in [-0.3, -0.25) is 0 Å². The first-order chi connectivity index (χ1) is 7.98. The van der Waals surface area contributed by atoms with Crippen LogP contribution in [0, 0.1) is 18.3 Å². The van der Waals surface area contributed by atoms with Crippen LogP contribution >= 0.6 is 27.3 Å². The molecule has 1 aliphatic rings.